The molecule has 139 heavy (non-hydrogen) atoms. The minimum Gasteiger partial charge on any atom is -0.384 e. The van der Waals surface area contributed by atoms with E-state index in [1.165, 1.54) is 44.9 Å². The first kappa shape index (κ1) is 138. The van der Waals surface area contributed by atoms with Crippen LogP contribution in [0.5, 0.6) is 0 Å². The third-order valence-electron chi connectivity index (χ3n) is 39.5. The Morgan fingerprint density at radius 3 is 0.791 bits per heavy atom. The molecule has 10 aliphatic rings. The third-order valence-corrected chi connectivity index (χ3v) is 39.5. The SMILES string of the molecule is C.CC(C)C1CC1(C(C)C)C(F)(F)F.CC(C)C1CC1(C(C)C)C(F)F.CC(C)C1CC1(CC(C)(F)F)C(C)C.CC(C)C1CCCC1(C(C)C)C(C)F.CC(C)C1CCCC1(C(C)C)C(F)(F)F.CC(C)C1CCCC1(CC(F)(F)F)C(C)C.CC(C)C1CCCC1(CC(F)F)C(C)C.CC(F)CC1(C(C)C)CC1C(C)C.COCC1(C(C)C)CC1C(C)C.COCC1(C(C)C)CCCC1C(C)C. The highest BCUT2D eigenvalue weighted by Crippen LogP contribution is 2.71. The van der Waals surface area contributed by atoms with Gasteiger partial charge < -0.3 is 9.47 Å². The van der Waals surface area contributed by atoms with Gasteiger partial charge >= 0.3 is 18.5 Å². The highest BCUT2D eigenvalue weighted by atomic mass is 19.4. The average molecular weight is 2020 g/mol. The van der Waals surface area contributed by atoms with Crippen molar-refractivity contribution in [2.75, 3.05) is 27.4 Å². The van der Waals surface area contributed by atoms with E-state index in [1.807, 2.05) is 83.5 Å². The lowest BCUT2D eigenvalue weighted by atomic mass is 9.63. The Balaban J connectivity index is 0.00000152. The van der Waals surface area contributed by atoms with Gasteiger partial charge in [0.2, 0.25) is 18.8 Å². The van der Waals surface area contributed by atoms with Crippen molar-refractivity contribution in [1.29, 1.82) is 0 Å². The van der Waals surface area contributed by atoms with Gasteiger partial charge in [0.15, 0.2) is 0 Å². The second kappa shape index (κ2) is 55.7. The van der Waals surface area contributed by atoms with Gasteiger partial charge in [0.1, 0.15) is 6.17 Å². The van der Waals surface area contributed by atoms with Crippen LogP contribution in [0.2, 0.25) is 0 Å². The van der Waals surface area contributed by atoms with Crippen LogP contribution in [0.4, 0.5) is 74.6 Å². The number of rotatable bonds is 33. The summed E-state index contributed by atoms with van der Waals surface area (Å²) in [5.74, 6) is 9.80. The Kier molecular flexibility index (Phi) is 55.2. The van der Waals surface area contributed by atoms with Gasteiger partial charge in [-0.05, 0) is 334 Å². The summed E-state index contributed by atoms with van der Waals surface area (Å²) in [6.07, 6.45) is 2.74. The predicted molar refractivity (Wildman–Crippen MR) is 559 cm³/mol. The molecule has 10 saturated carbocycles. The Morgan fingerprint density at radius 1 is 0.259 bits per heavy atom. The summed E-state index contributed by atoms with van der Waals surface area (Å²) < 4.78 is 231. The second-order valence-corrected chi connectivity index (χ2v) is 53.6. The molecule has 0 aliphatic heterocycles. The molecular formula is C120H225F17O2. The monoisotopic (exact) mass is 2020 g/mol. The molecule has 22 unspecified atom stereocenters. The molecule has 2 nitrogen and oxygen atoms in total. The van der Waals surface area contributed by atoms with Crippen LogP contribution >= 0.6 is 0 Å². The highest BCUT2D eigenvalue weighted by Gasteiger charge is 2.73. The van der Waals surface area contributed by atoms with E-state index in [9.17, 15) is 74.6 Å². The molecule has 0 amide bonds. The van der Waals surface area contributed by atoms with Gasteiger partial charge in [-0.1, -0.05) is 316 Å². The largest absolute Gasteiger partial charge is 0.395 e. The maximum Gasteiger partial charge on any atom is 0.395 e. The quantitative estimate of drug-likeness (QED) is 0.0610. The fourth-order valence-electron chi connectivity index (χ4n) is 30.9. The maximum absolute atomic E-state index is 13.9. The molecule has 10 aliphatic carbocycles. The normalized spacial score (nSPS) is 33.5. The van der Waals surface area contributed by atoms with E-state index in [0.717, 1.165) is 145 Å². The molecule has 10 rings (SSSR count). The van der Waals surface area contributed by atoms with Gasteiger partial charge in [0.05, 0.1) is 30.2 Å². The molecule has 0 aromatic carbocycles. The van der Waals surface area contributed by atoms with Crippen molar-refractivity contribution in [3.63, 3.8) is 0 Å². The van der Waals surface area contributed by atoms with Crippen LogP contribution in [0, 0.1) is 232 Å². The van der Waals surface area contributed by atoms with E-state index in [2.05, 4.69) is 180 Å². The van der Waals surface area contributed by atoms with Crippen LogP contribution in [-0.4, -0.2) is 77.1 Å². The van der Waals surface area contributed by atoms with Gasteiger partial charge in [0.25, 0.3) is 0 Å². The summed E-state index contributed by atoms with van der Waals surface area (Å²) in [6, 6.07) is 0. The molecule has 0 aromatic heterocycles. The van der Waals surface area contributed by atoms with Crippen molar-refractivity contribution in [1.82, 2.24) is 0 Å². The summed E-state index contributed by atoms with van der Waals surface area (Å²) in [5.41, 5.74) is -2.85. The van der Waals surface area contributed by atoms with Gasteiger partial charge in [0, 0.05) is 44.3 Å². The lowest BCUT2D eigenvalue weighted by molar-refractivity contribution is -0.257. The molecule has 10 fully saturated rings. The van der Waals surface area contributed by atoms with E-state index >= 15 is 0 Å². The molecule has 0 N–H and O–H groups in total. The van der Waals surface area contributed by atoms with Crippen LogP contribution in [0.1, 0.15) is 459 Å². The topological polar surface area (TPSA) is 18.5 Å². The molecule has 22 atom stereocenters. The first-order valence-electron chi connectivity index (χ1n) is 56.0. The van der Waals surface area contributed by atoms with Gasteiger partial charge in [-0.3, -0.25) is 0 Å². The predicted octanol–water partition coefficient (Wildman–Crippen LogP) is 42.0. The van der Waals surface area contributed by atoms with Crippen molar-refractivity contribution in [2.24, 2.45) is 232 Å². The molecule has 0 saturated heterocycles. The molecule has 19 heteroatoms. The van der Waals surface area contributed by atoms with Crippen LogP contribution in [0.3, 0.4) is 0 Å². The van der Waals surface area contributed by atoms with E-state index in [4.69, 9.17) is 9.47 Å². The van der Waals surface area contributed by atoms with Crippen LogP contribution in [0.25, 0.3) is 0 Å². The van der Waals surface area contributed by atoms with Crippen molar-refractivity contribution in [3.05, 3.63) is 0 Å². The van der Waals surface area contributed by atoms with Gasteiger partial charge in [-0.25, -0.2) is 35.1 Å². The highest BCUT2D eigenvalue weighted by molar-refractivity contribution is 5.13. The fourth-order valence-corrected chi connectivity index (χ4v) is 30.9. The molecule has 0 radical (unpaired) electrons. The Morgan fingerprint density at radius 2 is 0.554 bits per heavy atom. The Hall–Kier alpha value is -1.27. The third kappa shape index (κ3) is 34.4. The number of hydrogen-bond donors (Lipinski definition) is 0. The lowest BCUT2D eigenvalue weighted by Gasteiger charge is -2.43. The maximum atomic E-state index is 13.9. The summed E-state index contributed by atoms with van der Waals surface area (Å²) in [4.78, 5) is 0. The number of halogens is 17. The Labute approximate surface area is 847 Å². The van der Waals surface area contributed by atoms with Gasteiger partial charge in [-0.15, -0.1) is 0 Å². The van der Waals surface area contributed by atoms with Crippen LogP contribution < -0.4 is 0 Å². The molecule has 0 aromatic rings. The summed E-state index contributed by atoms with van der Waals surface area (Å²) in [6.45, 7) is 90.3. The summed E-state index contributed by atoms with van der Waals surface area (Å²) in [5, 5.41) is 0. The molecule has 0 heterocycles. The summed E-state index contributed by atoms with van der Waals surface area (Å²) >= 11 is 0. The van der Waals surface area contributed by atoms with E-state index < -0.39 is 77.7 Å². The van der Waals surface area contributed by atoms with Crippen LogP contribution in [0.15, 0.2) is 0 Å². The first-order valence-corrected chi connectivity index (χ1v) is 56.0. The number of methoxy groups -OCH3 is 2. The first-order chi connectivity index (χ1) is 62.6. The zero-order valence-corrected chi connectivity index (χ0v) is 97.3. The van der Waals surface area contributed by atoms with Crippen molar-refractivity contribution in [3.8, 4) is 0 Å². The van der Waals surface area contributed by atoms with E-state index in [0.29, 0.717) is 100 Å². The number of alkyl halides is 17. The zero-order valence-electron chi connectivity index (χ0n) is 97.3. The Bertz CT molecular complexity index is 3300. The van der Waals surface area contributed by atoms with Crippen molar-refractivity contribution < 1.29 is 84.1 Å². The van der Waals surface area contributed by atoms with E-state index in [1.54, 1.807) is 41.5 Å². The number of hydrogen-bond acceptors (Lipinski definition) is 2. The average Bonchev–Trinajstić information content (AvgIpc) is 1.70. The standard InChI is InChI=1S/C13H23F3.C13H24F2.C13H25F.C13H26O.C12H21F3.C12H22F2.C12H23F.C11H22O.C10H17F3.C10H18F2.CH4/c1-9(2)11-6-5-7-12(11,10(3)4)8-13(14,15)16;1-9(2)11-6-5-7-13(11,10(3)4)8-12(14)15;1-9(2)12-7-6-8-13(12,10(3)4)11(5)14;1-10(2)12-7-6-8-13(12,9-14-5)11(3)4;1-8(2)10-6-5-7-11(10,9(3)4)12(13,14)15;1-8(2)10-6-12(10,9(3)4)7-11(5,13)14;1-8(2)11-7-12(11,9(3)4)6-10(5)13;1-8(2)10-6-11(10,7-12-5)9(3)4;1-6(2)8-5-9(8,7(3)4)10(11,12)13;1-6(2)8-5-10(8,7(3)4)9(11)12;/h9-11H,5-8H2,1-4H3;9-12H,5-8H2,1-4H3;9-12H,6-8H2,1-5H3;10-12H,6-9H2,1-5H3;8-10H,5-7H2,1-4H3;8-10H,6-7H2,1-5H3;8-11H,6-7H2,1-5H3;8-10H,6-7H2,1-5H3;6-8H,5H2,1-4H3;6-9H,5H2,1-4H3;1H4. The van der Waals surface area contributed by atoms with Crippen molar-refractivity contribution in [2.45, 2.75) is 509 Å². The molecule has 0 bridgehead atoms. The smallest absolute Gasteiger partial charge is 0.384 e. The fraction of sp³-hybridized carbons (Fsp3) is 1.00. The lowest BCUT2D eigenvalue weighted by Crippen LogP contribution is -2.47. The van der Waals surface area contributed by atoms with Gasteiger partial charge in [-0.2, -0.15) is 39.5 Å². The number of ether oxygens (including phenoxy) is 2. The zero-order chi connectivity index (χ0) is 108. The minimum atomic E-state index is -4.05. The molecule has 836 valence electrons. The second-order valence-electron chi connectivity index (χ2n) is 53.6. The van der Waals surface area contributed by atoms with E-state index in [-0.39, 0.29) is 95.7 Å². The van der Waals surface area contributed by atoms with Crippen LogP contribution in [-0.2, 0) is 9.47 Å². The minimum absolute atomic E-state index is 0. The summed E-state index contributed by atoms with van der Waals surface area (Å²) in [7, 11) is 3.67. The molecule has 0 spiro atoms. The van der Waals surface area contributed by atoms with Crippen molar-refractivity contribution >= 4 is 0 Å². The molecular weight excluding hydrogens is 1800 g/mol.